The monoisotopic (exact) mass is 331 g/mol. The van der Waals surface area contributed by atoms with Gasteiger partial charge in [-0.25, -0.2) is 0 Å². The van der Waals surface area contributed by atoms with Crippen molar-refractivity contribution < 1.29 is 9.59 Å². The van der Waals surface area contributed by atoms with E-state index >= 15 is 0 Å². The maximum Gasteiger partial charge on any atom is 0.196 e. The summed E-state index contributed by atoms with van der Waals surface area (Å²) in [4.78, 5) is 27.3. The maximum absolute atomic E-state index is 12.8. The van der Waals surface area contributed by atoms with E-state index in [2.05, 4.69) is 0 Å². The molecule has 0 heterocycles. The second kappa shape index (κ2) is 5.65. The summed E-state index contributed by atoms with van der Waals surface area (Å²) in [6.45, 7) is 0. The van der Waals surface area contributed by atoms with Crippen LogP contribution in [0.5, 0.6) is 0 Å². The Hall–Kier alpha value is -2.85. The largest absolute Gasteiger partial charge is 0.397 e. The van der Waals surface area contributed by atoms with Gasteiger partial charge in [0.2, 0.25) is 0 Å². The molecule has 4 heteroatoms. The van der Waals surface area contributed by atoms with E-state index in [-0.39, 0.29) is 11.6 Å². The number of carbonyl (C=O) groups is 2. The Kier molecular flexibility index (Phi) is 3.47. The molecule has 0 spiro atoms. The molecule has 3 aromatic rings. The van der Waals surface area contributed by atoms with Crippen molar-refractivity contribution in [1.82, 2.24) is 0 Å². The predicted octanol–water partition coefficient (Wildman–Crippen LogP) is 4.20. The van der Waals surface area contributed by atoms with Crippen molar-refractivity contribution in [2.45, 2.75) is 9.79 Å². The second-order valence-corrected chi connectivity index (χ2v) is 6.63. The highest BCUT2D eigenvalue weighted by atomic mass is 32.2. The molecule has 0 aromatic heterocycles. The van der Waals surface area contributed by atoms with E-state index in [1.165, 1.54) is 11.8 Å². The molecule has 0 saturated heterocycles. The van der Waals surface area contributed by atoms with Crippen molar-refractivity contribution in [3.63, 3.8) is 0 Å². The number of rotatable bonds is 2. The van der Waals surface area contributed by atoms with Crippen molar-refractivity contribution in [3.05, 3.63) is 89.0 Å². The molecule has 1 aliphatic carbocycles. The van der Waals surface area contributed by atoms with Crippen LogP contribution in [0.4, 0.5) is 5.69 Å². The molecule has 0 unspecified atom stereocenters. The Morgan fingerprint density at radius 2 is 1.29 bits per heavy atom. The van der Waals surface area contributed by atoms with Gasteiger partial charge in [-0.15, -0.1) is 0 Å². The van der Waals surface area contributed by atoms with Gasteiger partial charge in [-0.05, 0) is 24.3 Å². The summed E-state index contributed by atoms with van der Waals surface area (Å²) in [5, 5.41) is 0. The zero-order valence-electron chi connectivity index (χ0n) is 12.7. The Morgan fingerprint density at radius 1 is 0.667 bits per heavy atom. The molecule has 0 radical (unpaired) electrons. The van der Waals surface area contributed by atoms with Gasteiger partial charge in [-0.2, -0.15) is 0 Å². The lowest BCUT2D eigenvalue weighted by atomic mass is 9.83. The number of ketones is 2. The summed E-state index contributed by atoms with van der Waals surface area (Å²) in [7, 11) is 0. The van der Waals surface area contributed by atoms with E-state index in [4.69, 9.17) is 5.73 Å². The third kappa shape index (κ3) is 2.23. The lowest BCUT2D eigenvalue weighted by molar-refractivity contribution is 0.0979. The van der Waals surface area contributed by atoms with Crippen molar-refractivity contribution in [1.29, 1.82) is 0 Å². The van der Waals surface area contributed by atoms with Crippen LogP contribution in [0.25, 0.3) is 0 Å². The molecule has 24 heavy (non-hydrogen) atoms. The fraction of sp³-hybridized carbons (Fsp3) is 0. The smallest absolute Gasteiger partial charge is 0.196 e. The van der Waals surface area contributed by atoms with E-state index < -0.39 is 0 Å². The van der Waals surface area contributed by atoms with E-state index in [1.54, 1.807) is 30.3 Å². The number of nitrogens with two attached hydrogens (primary N) is 1. The first-order valence-electron chi connectivity index (χ1n) is 7.50. The van der Waals surface area contributed by atoms with Gasteiger partial charge in [0.15, 0.2) is 11.6 Å². The van der Waals surface area contributed by atoms with Gasteiger partial charge >= 0.3 is 0 Å². The number of benzene rings is 3. The number of carbonyl (C=O) groups excluding carboxylic acids is 2. The predicted molar refractivity (Wildman–Crippen MR) is 94.7 cm³/mol. The van der Waals surface area contributed by atoms with Crippen molar-refractivity contribution in [2.75, 3.05) is 5.73 Å². The first-order chi connectivity index (χ1) is 11.7. The summed E-state index contributed by atoms with van der Waals surface area (Å²) in [5.74, 6) is -0.337. The Labute approximate surface area is 143 Å². The number of anilines is 1. The third-order valence-electron chi connectivity index (χ3n) is 4.06. The second-order valence-electron chi connectivity index (χ2n) is 5.52. The van der Waals surface area contributed by atoms with Crippen LogP contribution in [-0.4, -0.2) is 11.6 Å². The maximum atomic E-state index is 12.8. The summed E-state index contributed by atoms with van der Waals surface area (Å²) in [5.41, 5.74) is 8.20. The van der Waals surface area contributed by atoms with Crippen molar-refractivity contribution >= 4 is 29.0 Å². The number of hydrogen-bond donors (Lipinski definition) is 1. The molecule has 116 valence electrons. The minimum Gasteiger partial charge on any atom is -0.397 e. The van der Waals surface area contributed by atoms with Crippen molar-refractivity contribution in [3.8, 4) is 0 Å². The molecule has 0 fully saturated rings. The van der Waals surface area contributed by atoms with E-state index in [1.807, 2.05) is 36.4 Å². The standard InChI is InChI=1S/C20H13NO2S/c21-18-16(24-12-6-2-1-3-7-12)11-10-15-17(18)20(23)14-9-5-4-8-13(14)19(15)22/h1-11H,21H2. The molecule has 0 bridgehead atoms. The van der Waals surface area contributed by atoms with Gasteiger partial charge in [0.05, 0.1) is 11.3 Å². The van der Waals surface area contributed by atoms with Gasteiger partial charge in [-0.3, -0.25) is 9.59 Å². The summed E-state index contributed by atoms with van der Waals surface area (Å²) >= 11 is 1.48. The SMILES string of the molecule is Nc1c(Sc2ccccc2)ccc2c1C(=O)c1ccccc1C2=O. The highest BCUT2D eigenvalue weighted by Crippen LogP contribution is 2.38. The topological polar surface area (TPSA) is 60.2 Å². The van der Waals surface area contributed by atoms with Gasteiger partial charge in [-0.1, -0.05) is 54.2 Å². The lowest BCUT2D eigenvalue weighted by Crippen LogP contribution is -2.22. The van der Waals surface area contributed by atoms with E-state index in [9.17, 15) is 9.59 Å². The number of nitrogen functional groups attached to an aromatic ring is 1. The Balaban J connectivity index is 1.84. The van der Waals surface area contributed by atoms with Crippen LogP contribution in [0.2, 0.25) is 0 Å². The van der Waals surface area contributed by atoms with Crippen LogP contribution in [0.15, 0.2) is 76.5 Å². The molecular formula is C20H13NO2S. The summed E-state index contributed by atoms with van der Waals surface area (Å²) in [6.07, 6.45) is 0. The van der Waals surface area contributed by atoms with Crippen LogP contribution in [0.1, 0.15) is 31.8 Å². The van der Waals surface area contributed by atoms with Gasteiger partial charge in [0, 0.05) is 26.5 Å². The highest BCUT2D eigenvalue weighted by Gasteiger charge is 2.31. The highest BCUT2D eigenvalue weighted by molar-refractivity contribution is 7.99. The van der Waals surface area contributed by atoms with Crippen LogP contribution < -0.4 is 5.73 Å². The van der Waals surface area contributed by atoms with E-state index in [0.717, 1.165) is 9.79 Å². The molecule has 0 saturated carbocycles. The molecular weight excluding hydrogens is 318 g/mol. The van der Waals surface area contributed by atoms with Crippen molar-refractivity contribution in [2.24, 2.45) is 0 Å². The lowest BCUT2D eigenvalue weighted by Gasteiger charge is -2.20. The fourth-order valence-corrected chi connectivity index (χ4v) is 3.79. The fourth-order valence-electron chi connectivity index (χ4n) is 2.90. The Bertz CT molecular complexity index is 980. The summed E-state index contributed by atoms with van der Waals surface area (Å²) < 4.78 is 0. The van der Waals surface area contributed by atoms with Crippen LogP contribution in [0.3, 0.4) is 0 Å². The molecule has 3 nitrogen and oxygen atoms in total. The van der Waals surface area contributed by atoms with Crippen LogP contribution in [-0.2, 0) is 0 Å². The number of hydrogen-bond acceptors (Lipinski definition) is 4. The average molecular weight is 331 g/mol. The molecule has 4 rings (SSSR count). The minimum absolute atomic E-state index is 0.150. The molecule has 0 amide bonds. The molecule has 2 N–H and O–H groups in total. The Morgan fingerprint density at radius 3 is 2.00 bits per heavy atom. The normalized spacial score (nSPS) is 12.7. The molecule has 3 aromatic carbocycles. The third-order valence-corrected chi connectivity index (χ3v) is 5.15. The first kappa shape index (κ1) is 14.7. The zero-order valence-corrected chi connectivity index (χ0v) is 13.5. The molecule has 0 aliphatic heterocycles. The van der Waals surface area contributed by atoms with Crippen LogP contribution in [0, 0.1) is 0 Å². The first-order valence-corrected chi connectivity index (χ1v) is 8.32. The van der Waals surface area contributed by atoms with Gasteiger partial charge in [0.25, 0.3) is 0 Å². The molecule has 1 aliphatic rings. The average Bonchev–Trinajstić information content (AvgIpc) is 2.62. The zero-order chi connectivity index (χ0) is 16.7. The minimum atomic E-state index is -0.187. The van der Waals surface area contributed by atoms with E-state index in [0.29, 0.717) is 27.9 Å². The van der Waals surface area contributed by atoms with Gasteiger partial charge < -0.3 is 5.73 Å². The quantitative estimate of drug-likeness (QED) is 0.559. The van der Waals surface area contributed by atoms with Gasteiger partial charge in [0.1, 0.15) is 0 Å². The summed E-state index contributed by atoms with van der Waals surface area (Å²) in [6, 6.07) is 20.2. The van der Waals surface area contributed by atoms with Crippen LogP contribution >= 0.6 is 11.8 Å². The molecule has 0 atom stereocenters. The number of fused-ring (bicyclic) bond motifs is 2.